The molecule has 0 atom stereocenters. The summed E-state index contributed by atoms with van der Waals surface area (Å²) >= 11 is 0. The van der Waals surface area contributed by atoms with Gasteiger partial charge in [-0.15, -0.1) is 0 Å². The number of aromatic nitrogens is 3. The van der Waals surface area contributed by atoms with E-state index in [1.54, 1.807) is 0 Å². The number of piperidine rings is 1. The van der Waals surface area contributed by atoms with Crippen molar-refractivity contribution < 1.29 is 17.9 Å². The van der Waals surface area contributed by atoms with E-state index in [-0.39, 0.29) is 12.1 Å². The van der Waals surface area contributed by atoms with Gasteiger partial charge in [-0.05, 0) is 31.7 Å². The molecule has 0 radical (unpaired) electrons. The fourth-order valence-electron chi connectivity index (χ4n) is 4.62. The zero-order valence-corrected chi connectivity index (χ0v) is 17.5. The molecule has 2 aliphatic heterocycles. The molecule has 5 rings (SSSR count). The van der Waals surface area contributed by atoms with Crippen LogP contribution >= 0.6 is 0 Å². The Morgan fingerprint density at radius 2 is 1.84 bits per heavy atom. The highest BCUT2D eigenvalue weighted by atomic mass is 19.4. The number of fused-ring (bicyclic) bond motifs is 1. The number of anilines is 2. The Kier molecular flexibility index (Phi) is 5.37. The molecular weight excluding hydrogens is 421 g/mol. The molecule has 7 nitrogen and oxygen atoms in total. The molecule has 2 aromatic rings. The minimum absolute atomic E-state index is 0.0892. The number of rotatable bonds is 4. The molecule has 0 unspecified atom stereocenters. The number of halogens is 3. The van der Waals surface area contributed by atoms with Crippen molar-refractivity contribution in [3.8, 4) is 6.07 Å². The van der Waals surface area contributed by atoms with Gasteiger partial charge in [-0.3, -0.25) is 0 Å². The zero-order valence-electron chi connectivity index (χ0n) is 17.5. The van der Waals surface area contributed by atoms with Gasteiger partial charge in [0.2, 0.25) is 0 Å². The Morgan fingerprint density at radius 3 is 2.53 bits per heavy atom. The summed E-state index contributed by atoms with van der Waals surface area (Å²) in [5.41, 5.74) is 1.58. The summed E-state index contributed by atoms with van der Waals surface area (Å²) in [6, 6.07) is 5.50. The van der Waals surface area contributed by atoms with Crippen molar-refractivity contribution in [3.63, 3.8) is 0 Å². The number of hydrogen-bond acceptors (Lipinski definition) is 7. The molecule has 10 heteroatoms. The van der Waals surface area contributed by atoms with Crippen LogP contribution in [0, 0.1) is 11.3 Å². The van der Waals surface area contributed by atoms with Gasteiger partial charge in [0.25, 0.3) is 0 Å². The molecule has 1 saturated carbocycles. The molecular formula is C22H23F3N6O. The second-order valence-electron chi connectivity index (χ2n) is 8.50. The number of hydrogen-bond donors (Lipinski definition) is 0. The summed E-state index contributed by atoms with van der Waals surface area (Å²) < 4.78 is 45.0. The summed E-state index contributed by atoms with van der Waals surface area (Å²) in [6.45, 7) is 2.47. The third-order valence-electron chi connectivity index (χ3n) is 6.34. The van der Waals surface area contributed by atoms with Crippen molar-refractivity contribution in [1.82, 2.24) is 15.0 Å². The molecule has 3 aliphatic rings. The molecule has 32 heavy (non-hydrogen) atoms. The fourth-order valence-corrected chi connectivity index (χ4v) is 4.62. The van der Waals surface area contributed by atoms with E-state index < -0.39 is 11.9 Å². The molecule has 0 N–H and O–H groups in total. The van der Waals surface area contributed by atoms with E-state index >= 15 is 0 Å². The minimum atomic E-state index is -4.49. The number of ether oxygens (including phenoxy) is 1. The van der Waals surface area contributed by atoms with Crippen LogP contribution in [0.2, 0.25) is 0 Å². The van der Waals surface area contributed by atoms with Crippen molar-refractivity contribution in [2.45, 2.75) is 57.0 Å². The van der Waals surface area contributed by atoms with Crippen molar-refractivity contribution in [2.24, 2.45) is 0 Å². The van der Waals surface area contributed by atoms with Crippen LogP contribution in [0.3, 0.4) is 0 Å². The van der Waals surface area contributed by atoms with E-state index in [0.717, 1.165) is 55.8 Å². The fraction of sp³-hybridized carbons (Fsp3) is 0.545. The molecule has 2 fully saturated rings. The molecule has 4 heterocycles. The average Bonchev–Trinajstić information content (AvgIpc) is 3.63. The van der Waals surface area contributed by atoms with Crippen LogP contribution in [-0.2, 0) is 23.9 Å². The molecule has 168 valence electrons. The van der Waals surface area contributed by atoms with Crippen LogP contribution in [0.5, 0.6) is 0 Å². The van der Waals surface area contributed by atoms with Gasteiger partial charge in [0.1, 0.15) is 29.7 Å². The number of pyridine rings is 1. The van der Waals surface area contributed by atoms with E-state index in [1.807, 2.05) is 6.07 Å². The first-order valence-electron chi connectivity index (χ1n) is 10.9. The van der Waals surface area contributed by atoms with E-state index in [1.165, 1.54) is 0 Å². The Morgan fingerprint density at radius 1 is 1.09 bits per heavy atom. The van der Waals surface area contributed by atoms with E-state index in [2.05, 4.69) is 25.8 Å². The van der Waals surface area contributed by atoms with Crippen LogP contribution < -0.4 is 9.80 Å². The monoisotopic (exact) mass is 444 g/mol. The van der Waals surface area contributed by atoms with E-state index in [9.17, 15) is 18.4 Å². The van der Waals surface area contributed by atoms with Crippen molar-refractivity contribution in [3.05, 3.63) is 41.0 Å². The largest absolute Gasteiger partial charge is 0.433 e. The topological polar surface area (TPSA) is 78.2 Å². The highest BCUT2D eigenvalue weighted by Crippen LogP contribution is 2.38. The molecule has 0 spiro atoms. The molecule has 0 aromatic carbocycles. The van der Waals surface area contributed by atoms with Gasteiger partial charge in [-0.1, -0.05) is 0 Å². The Labute approximate surface area is 183 Å². The van der Waals surface area contributed by atoms with Crippen LogP contribution in [0.25, 0.3) is 0 Å². The molecule has 0 amide bonds. The lowest BCUT2D eigenvalue weighted by Crippen LogP contribution is -2.47. The van der Waals surface area contributed by atoms with Crippen molar-refractivity contribution in [2.75, 3.05) is 29.5 Å². The molecule has 0 bridgehead atoms. The summed E-state index contributed by atoms with van der Waals surface area (Å²) in [4.78, 5) is 16.5. The highest BCUT2D eigenvalue weighted by molar-refractivity contribution is 5.57. The standard InChI is InChI=1S/C22H23F3N6O/c23-22(24,25)19-10-20(28-13-27-19)31(16-1-2-16)17-3-6-30(7-4-17)21-14(11-26)9-15-12-32-8-5-18(15)29-21/h9-10,13,16-17H,1-8,12H2. The van der Waals surface area contributed by atoms with E-state index in [0.29, 0.717) is 43.5 Å². The first-order chi connectivity index (χ1) is 15.4. The van der Waals surface area contributed by atoms with Crippen molar-refractivity contribution in [1.29, 1.82) is 5.26 Å². The average molecular weight is 444 g/mol. The predicted octanol–water partition coefficient (Wildman–Crippen LogP) is 3.47. The van der Waals surface area contributed by atoms with Gasteiger partial charge < -0.3 is 14.5 Å². The predicted molar refractivity (Wildman–Crippen MR) is 110 cm³/mol. The van der Waals surface area contributed by atoms with Crippen molar-refractivity contribution >= 4 is 11.6 Å². The number of nitrogens with zero attached hydrogens (tertiary/aromatic N) is 6. The lowest BCUT2D eigenvalue weighted by atomic mass is 10.0. The Bertz CT molecular complexity index is 1040. The minimum Gasteiger partial charge on any atom is -0.376 e. The normalized spacial score (nSPS) is 19.4. The quantitative estimate of drug-likeness (QED) is 0.715. The third kappa shape index (κ3) is 4.09. The van der Waals surface area contributed by atoms with Gasteiger partial charge in [-0.25, -0.2) is 15.0 Å². The van der Waals surface area contributed by atoms with Gasteiger partial charge in [0, 0.05) is 43.2 Å². The lowest BCUT2D eigenvalue weighted by molar-refractivity contribution is -0.141. The SMILES string of the molecule is N#Cc1cc2c(nc1N1CCC(N(c3cc(C(F)(F)F)ncn3)C3CC3)CC1)CCOC2. The maximum atomic E-state index is 13.2. The zero-order chi connectivity index (χ0) is 22.3. The van der Waals surface area contributed by atoms with Crippen LogP contribution in [-0.4, -0.2) is 46.7 Å². The first-order valence-corrected chi connectivity index (χ1v) is 10.9. The van der Waals surface area contributed by atoms with E-state index in [4.69, 9.17) is 9.72 Å². The summed E-state index contributed by atoms with van der Waals surface area (Å²) in [5, 5.41) is 9.64. The lowest BCUT2D eigenvalue weighted by Gasteiger charge is -2.40. The summed E-state index contributed by atoms with van der Waals surface area (Å²) in [7, 11) is 0. The number of nitriles is 1. The van der Waals surface area contributed by atoms with Gasteiger partial charge in [-0.2, -0.15) is 18.4 Å². The molecule has 1 saturated heterocycles. The van der Waals surface area contributed by atoms with Gasteiger partial charge in [0.15, 0.2) is 0 Å². The number of alkyl halides is 3. The summed E-state index contributed by atoms with van der Waals surface area (Å²) in [5.74, 6) is 1.05. The van der Waals surface area contributed by atoms with Crippen LogP contribution in [0.1, 0.15) is 48.2 Å². The summed E-state index contributed by atoms with van der Waals surface area (Å²) in [6.07, 6.45) is 0.672. The Hall–Kier alpha value is -2.93. The van der Waals surface area contributed by atoms with Gasteiger partial charge >= 0.3 is 6.18 Å². The van der Waals surface area contributed by atoms with Crippen LogP contribution in [0.15, 0.2) is 18.5 Å². The molecule has 2 aromatic heterocycles. The highest BCUT2D eigenvalue weighted by Gasteiger charge is 2.39. The smallest absolute Gasteiger partial charge is 0.376 e. The molecule has 1 aliphatic carbocycles. The maximum absolute atomic E-state index is 13.2. The van der Waals surface area contributed by atoms with Crippen LogP contribution in [0.4, 0.5) is 24.8 Å². The second kappa shape index (κ2) is 8.20. The maximum Gasteiger partial charge on any atom is 0.433 e. The third-order valence-corrected chi connectivity index (χ3v) is 6.34. The van der Waals surface area contributed by atoms with Gasteiger partial charge in [0.05, 0.1) is 24.5 Å². The Balaban J connectivity index is 1.35. The first kappa shape index (κ1) is 20.9. The second-order valence-corrected chi connectivity index (χ2v) is 8.50.